The van der Waals surface area contributed by atoms with Crippen LogP contribution < -0.4 is 5.32 Å². The number of hydrogen-bond donors (Lipinski definition) is 1. The van der Waals surface area contributed by atoms with E-state index in [-0.39, 0.29) is 11.9 Å². The van der Waals surface area contributed by atoms with Crippen molar-refractivity contribution in [3.8, 4) is 11.5 Å². The zero-order valence-electron chi connectivity index (χ0n) is 11.4. The Labute approximate surface area is 112 Å². The molecule has 0 fully saturated rings. The highest BCUT2D eigenvalue weighted by molar-refractivity contribution is 5.53. The Bertz CT molecular complexity index is 553. The SMILES string of the molecule is CCNC(CC)c1nnc(-c2ccc(C)c(F)c2)o1. The standard InChI is InChI=1S/C14H18FN3O/c1-4-12(16-5-2)14-18-17-13(19-14)10-7-6-9(3)11(15)8-10/h6-8,12,16H,4-5H2,1-3H3. The highest BCUT2D eigenvalue weighted by atomic mass is 19.1. The second-order valence-electron chi connectivity index (χ2n) is 4.43. The summed E-state index contributed by atoms with van der Waals surface area (Å²) in [5.74, 6) is 0.626. The third-order valence-electron chi connectivity index (χ3n) is 3.02. The van der Waals surface area contributed by atoms with Gasteiger partial charge in [-0.25, -0.2) is 4.39 Å². The van der Waals surface area contributed by atoms with Crippen LogP contribution in [0.15, 0.2) is 22.6 Å². The minimum Gasteiger partial charge on any atom is -0.419 e. The minimum absolute atomic E-state index is 0.0431. The van der Waals surface area contributed by atoms with Crippen molar-refractivity contribution in [2.24, 2.45) is 0 Å². The molecule has 4 nitrogen and oxygen atoms in total. The predicted octanol–water partition coefficient (Wildman–Crippen LogP) is 3.24. The molecule has 1 aromatic heterocycles. The molecular formula is C14H18FN3O. The maximum absolute atomic E-state index is 13.5. The van der Waals surface area contributed by atoms with E-state index in [4.69, 9.17) is 4.42 Å². The molecule has 1 atom stereocenters. The van der Waals surface area contributed by atoms with Crippen molar-refractivity contribution in [2.75, 3.05) is 6.54 Å². The molecule has 1 unspecified atom stereocenters. The maximum atomic E-state index is 13.5. The van der Waals surface area contributed by atoms with Crippen LogP contribution in [0.1, 0.15) is 37.8 Å². The van der Waals surface area contributed by atoms with E-state index >= 15 is 0 Å². The van der Waals surface area contributed by atoms with Crippen LogP contribution in [0, 0.1) is 12.7 Å². The van der Waals surface area contributed by atoms with Gasteiger partial charge in [-0.05, 0) is 37.6 Å². The first-order chi connectivity index (χ1) is 9.15. The molecule has 0 aliphatic carbocycles. The first-order valence-electron chi connectivity index (χ1n) is 6.49. The molecule has 0 aliphatic heterocycles. The van der Waals surface area contributed by atoms with E-state index in [0.717, 1.165) is 13.0 Å². The number of aryl methyl sites for hydroxylation is 1. The summed E-state index contributed by atoms with van der Waals surface area (Å²) in [6.45, 7) is 6.62. The summed E-state index contributed by atoms with van der Waals surface area (Å²) in [6.07, 6.45) is 0.859. The number of benzene rings is 1. The largest absolute Gasteiger partial charge is 0.419 e. The third-order valence-corrected chi connectivity index (χ3v) is 3.02. The molecule has 0 bridgehead atoms. The Hall–Kier alpha value is -1.75. The number of nitrogens with zero attached hydrogens (tertiary/aromatic N) is 2. The van der Waals surface area contributed by atoms with Gasteiger partial charge in [-0.2, -0.15) is 0 Å². The van der Waals surface area contributed by atoms with E-state index in [0.29, 0.717) is 22.9 Å². The molecule has 0 radical (unpaired) electrons. The van der Waals surface area contributed by atoms with Gasteiger partial charge in [0.2, 0.25) is 11.8 Å². The number of nitrogens with one attached hydrogen (secondary N) is 1. The number of aromatic nitrogens is 2. The summed E-state index contributed by atoms with van der Waals surface area (Å²) in [6, 6.07) is 4.95. The summed E-state index contributed by atoms with van der Waals surface area (Å²) in [5.41, 5.74) is 1.20. The van der Waals surface area contributed by atoms with Crippen molar-refractivity contribution in [3.63, 3.8) is 0 Å². The lowest BCUT2D eigenvalue weighted by atomic mass is 10.1. The number of rotatable bonds is 5. The molecule has 0 amide bonds. The molecule has 19 heavy (non-hydrogen) atoms. The third kappa shape index (κ3) is 2.98. The van der Waals surface area contributed by atoms with Crippen LogP contribution in [0.4, 0.5) is 4.39 Å². The van der Waals surface area contributed by atoms with Gasteiger partial charge in [0.25, 0.3) is 0 Å². The Balaban J connectivity index is 2.27. The molecule has 0 saturated carbocycles. The van der Waals surface area contributed by atoms with Crippen LogP contribution in [0.3, 0.4) is 0 Å². The molecule has 1 N–H and O–H groups in total. The van der Waals surface area contributed by atoms with E-state index < -0.39 is 0 Å². The van der Waals surface area contributed by atoms with E-state index in [1.807, 2.05) is 13.8 Å². The summed E-state index contributed by atoms with van der Waals surface area (Å²) < 4.78 is 19.1. The highest BCUT2D eigenvalue weighted by Gasteiger charge is 2.17. The molecule has 1 heterocycles. The van der Waals surface area contributed by atoms with Crippen molar-refractivity contribution < 1.29 is 8.81 Å². The molecule has 5 heteroatoms. The Morgan fingerprint density at radius 2 is 2.11 bits per heavy atom. The van der Waals surface area contributed by atoms with E-state index in [9.17, 15) is 4.39 Å². The lowest BCUT2D eigenvalue weighted by molar-refractivity contribution is 0.402. The molecular weight excluding hydrogens is 245 g/mol. The van der Waals surface area contributed by atoms with Gasteiger partial charge >= 0.3 is 0 Å². The zero-order valence-corrected chi connectivity index (χ0v) is 11.4. The van der Waals surface area contributed by atoms with E-state index in [2.05, 4.69) is 15.5 Å². The van der Waals surface area contributed by atoms with Crippen LogP contribution in [0.5, 0.6) is 0 Å². The zero-order chi connectivity index (χ0) is 13.8. The Morgan fingerprint density at radius 3 is 2.74 bits per heavy atom. The van der Waals surface area contributed by atoms with E-state index in [1.54, 1.807) is 19.1 Å². The quantitative estimate of drug-likeness (QED) is 0.899. The van der Waals surface area contributed by atoms with Crippen LogP contribution in [-0.2, 0) is 0 Å². The fourth-order valence-electron chi connectivity index (χ4n) is 1.87. The summed E-state index contributed by atoms with van der Waals surface area (Å²) in [4.78, 5) is 0. The molecule has 1 aromatic carbocycles. The molecule has 0 aliphatic rings. The molecule has 2 rings (SSSR count). The Morgan fingerprint density at radius 1 is 1.32 bits per heavy atom. The summed E-state index contributed by atoms with van der Waals surface area (Å²) in [7, 11) is 0. The highest BCUT2D eigenvalue weighted by Crippen LogP contribution is 2.23. The van der Waals surface area contributed by atoms with Gasteiger partial charge in [0.1, 0.15) is 5.82 Å². The number of hydrogen-bond acceptors (Lipinski definition) is 4. The second-order valence-corrected chi connectivity index (χ2v) is 4.43. The maximum Gasteiger partial charge on any atom is 0.247 e. The van der Waals surface area contributed by atoms with Crippen LogP contribution >= 0.6 is 0 Å². The fraction of sp³-hybridized carbons (Fsp3) is 0.429. The number of halogens is 1. The van der Waals surface area contributed by atoms with Crippen molar-refractivity contribution in [3.05, 3.63) is 35.5 Å². The van der Waals surface area contributed by atoms with Gasteiger partial charge in [-0.1, -0.05) is 19.9 Å². The van der Waals surface area contributed by atoms with Crippen molar-refractivity contribution in [1.82, 2.24) is 15.5 Å². The summed E-state index contributed by atoms with van der Waals surface area (Å²) in [5, 5.41) is 11.3. The van der Waals surface area contributed by atoms with Crippen molar-refractivity contribution in [1.29, 1.82) is 0 Å². The second kappa shape index (κ2) is 5.93. The first-order valence-corrected chi connectivity index (χ1v) is 6.49. The molecule has 0 saturated heterocycles. The molecule has 2 aromatic rings. The summed E-state index contributed by atoms with van der Waals surface area (Å²) >= 11 is 0. The van der Waals surface area contributed by atoms with Gasteiger partial charge in [-0.15, -0.1) is 10.2 Å². The first kappa shape index (κ1) is 13.7. The Kier molecular flexibility index (Phi) is 4.27. The van der Waals surface area contributed by atoms with Gasteiger partial charge in [0.05, 0.1) is 6.04 Å². The average molecular weight is 263 g/mol. The van der Waals surface area contributed by atoms with Crippen LogP contribution in [-0.4, -0.2) is 16.7 Å². The van der Waals surface area contributed by atoms with Crippen LogP contribution in [0.2, 0.25) is 0 Å². The monoisotopic (exact) mass is 263 g/mol. The molecule has 102 valence electrons. The van der Waals surface area contributed by atoms with Gasteiger partial charge in [-0.3, -0.25) is 0 Å². The normalized spacial score (nSPS) is 12.6. The van der Waals surface area contributed by atoms with Crippen molar-refractivity contribution >= 4 is 0 Å². The average Bonchev–Trinajstić information content (AvgIpc) is 2.88. The van der Waals surface area contributed by atoms with E-state index in [1.165, 1.54) is 6.07 Å². The lowest BCUT2D eigenvalue weighted by Crippen LogP contribution is -2.20. The topological polar surface area (TPSA) is 51.0 Å². The van der Waals surface area contributed by atoms with Crippen molar-refractivity contribution in [2.45, 2.75) is 33.2 Å². The smallest absolute Gasteiger partial charge is 0.247 e. The van der Waals surface area contributed by atoms with Gasteiger partial charge in [0, 0.05) is 5.56 Å². The van der Waals surface area contributed by atoms with Gasteiger partial charge in [0.15, 0.2) is 0 Å². The predicted molar refractivity (Wildman–Crippen MR) is 71.1 cm³/mol. The van der Waals surface area contributed by atoms with Gasteiger partial charge < -0.3 is 9.73 Å². The van der Waals surface area contributed by atoms with Crippen LogP contribution in [0.25, 0.3) is 11.5 Å². The minimum atomic E-state index is -0.268. The lowest BCUT2D eigenvalue weighted by Gasteiger charge is -2.10. The molecule has 0 spiro atoms. The fourth-order valence-corrected chi connectivity index (χ4v) is 1.87.